The summed E-state index contributed by atoms with van der Waals surface area (Å²) in [6.07, 6.45) is 0. The Bertz CT molecular complexity index is 479. The van der Waals surface area contributed by atoms with E-state index in [1.165, 1.54) is 13.0 Å². The van der Waals surface area contributed by atoms with Crippen LogP contribution >= 0.6 is 0 Å². The van der Waals surface area contributed by atoms with E-state index < -0.39 is 30.2 Å². The normalized spacial score (nSPS) is 11.2. The van der Waals surface area contributed by atoms with Crippen LogP contribution < -0.4 is 9.67 Å². The molecule has 0 aliphatic rings. The van der Waals surface area contributed by atoms with Gasteiger partial charge >= 0.3 is 94.6 Å². The Morgan fingerprint density at radius 3 is 2.38 bits per heavy atom. The molecule has 0 bridgehead atoms. The first-order valence-corrected chi connectivity index (χ1v) is 7.78. The fourth-order valence-electron chi connectivity index (χ4n) is 1.25. The number of phenolic OH excluding ortho intramolecular Hbond substituents is 1. The molecule has 1 aromatic rings. The number of aryl methyl sites for hydroxylation is 1. The Kier molecular flexibility index (Phi) is 3.47. The summed E-state index contributed by atoms with van der Waals surface area (Å²) >= 11 is -5.18. The molecule has 16 heavy (non-hydrogen) atoms. The van der Waals surface area contributed by atoms with E-state index in [4.69, 9.17) is 8.19 Å². The molecule has 0 spiro atoms. The maximum atomic E-state index is 11.1. The SMILES string of the molecule is CC(=O)Nc1c(C)ccc([As](=O)(O)O)c1O. The van der Waals surface area contributed by atoms with Crippen molar-refractivity contribution in [2.75, 3.05) is 5.32 Å². The van der Waals surface area contributed by atoms with Gasteiger partial charge in [0.1, 0.15) is 0 Å². The average molecular weight is 289 g/mol. The number of carbonyl (C=O) groups excluding carboxylic acids is 1. The molecule has 0 saturated heterocycles. The van der Waals surface area contributed by atoms with Gasteiger partial charge in [0, 0.05) is 0 Å². The Hall–Kier alpha value is -1.23. The fourth-order valence-corrected chi connectivity index (χ4v) is 2.63. The zero-order valence-electron chi connectivity index (χ0n) is 8.76. The third kappa shape index (κ3) is 2.66. The topological polar surface area (TPSA) is 107 Å². The van der Waals surface area contributed by atoms with Crippen LogP contribution in [0.25, 0.3) is 0 Å². The summed E-state index contributed by atoms with van der Waals surface area (Å²) in [6, 6.07) is 2.59. The van der Waals surface area contributed by atoms with Crippen LogP contribution in [0.15, 0.2) is 12.1 Å². The molecule has 1 amide bonds. The van der Waals surface area contributed by atoms with Crippen LogP contribution in [0.1, 0.15) is 12.5 Å². The molecule has 4 N–H and O–H groups in total. The van der Waals surface area contributed by atoms with Gasteiger partial charge in [0.2, 0.25) is 0 Å². The summed E-state index contributed by atoms with van der Waals surface area (Å²) < 4.78 is 28.7. The number of nitrogens with one attached hydrogen (secondary N) is 1. The summed E-state index contributed by atoms with van der Waals surface area (Å²) in [5.41, 5.74) is 0.565. The van der Waals surface area contributed by atoms with Crippen molar-refractivity contribution in [3.63, 3.8) is 0 Å². The van der Waals surface area contributed by atoms with Gasteiger partial charge in [-0.25, -0.2) is 0 Å². The maximum absolute atomic E-state index is 11.1. The van der Waals surface area contributed by atoms with Gasteiger partial charge in [-0.2, -0.15) is 0 Å². The zero-order chi connectivity index (χ0) is 12.5. The number of hydrogen-bond acceptors (Lipinski definition) is 3. The fraction of sp³-hybridized carbons (Fsp3) is 0.222. The number of rotatable bonds is 2. The second kappa shape index (κ2) is 4.33. The van der Waals surface area contributed by atoms with Crippen LogP contribution in [0.5, 0.6) is 5.75 Å². The third-order valence-corrected chi connectivity index (χ3v) is 4.05. The molecule has 1 rings (SSSR count). The zero-order valence-corrected chi connectivity index (χ0v) is 10.6. The van der Waals surface area contributed by atoms with Crippen LogP contribution in [0.2, 0.25) is 0 Å². The minimum absolute atomic E-state index is 0.0368. The monoisotopic (exact) mass is 289 g/mol. The van der Waals surface area contributed by atoms with Gasteiger partial charge in [0.25, 0.3) is 0 Å². The second-order valence-corrected chi connectivity index (χ2v) is 6.64. The number of benzene rings is 1. The predicted octanol–water partition coefficient (Wildman–Crippen LogP) is -0.780. The van der Waals surface area contributed by atoms with Crippen molar-refractivity contribution in [2.45, 2.75) is 13.8 Å². The summed E-state index contributed by atoms with van der Waals surface area (Å²) in [5, 5.41) is 12.0. The van der Waals surface area contributed by atoms with E-state index in [2.05, 4.69) is 5.32 Å². The van der Waals surface area contributed by atoms with Crippen molar-refractivity contribution in [1.29, 1.82) is 0 Å². The molecular formula is C9H12AsNO5. The van der Waals surface area contributed by atoms with Crippen molar-refractivity contribution in [2.24, 2.45) is 0 Å². The van der Waals surface area contributed by atoms with Gasteiger partial charge in [0.15, 0.2) is 0 Å². The Balaban J connectivity index is 3.38. The Morgan fingerprint density at radius 2 is 1.94 bits per heavy atom. The van der Waals surface area contributed by atoms with Crippen molar-refractivity contribution in [3.05, 3.63) is 17.7 Å². The minimum atomic E-state index is -5.18. The molecule has 0 aliphatic carbocycles. The van der Waals surface area contributed by atoms with E-state index >= 15 is 0 Å². The molecule has 0 heterocycles. The summed E-state index contributed by atoms with van der Waals surface area (Å²) in [5.74, 6) is -0.990. The van der Waals surface area contributed by atoms with E-state index in [1.807, 2.05) is 0 Å². The van der Waals surface area contributed by atoms with E-state index in [1.54, 1.807) is 6.92 Å². The molecule has 0 saturated carbocycles. The van der Waals surface area contributed by atoms with Crippen molar-refractivity contribution in [3.8, 4) is 5.75 Å². The summed E-state index contributed by atoms with van der Waals surface area (Å²) in [4.78, 5) is 10.9. The summed E-state index contributed by atoms with van der Waals surface area (Å²) in [6.45, 7) is 2.86. The number of anilines is 1. The van der Waals surface area contributed by atoms with E-state index in [-0.39, 0.29) is 5.69 Å². The number of aromatic hydroxyl groups is 1. The van der Waals surface area contributed by atoms with Crippen molar-refractivity contribution >= 4 is 30.1 Å². The van der Waals surface area contributed by atoms with Gasteiger partial charge in [0.05, 0.1) is 0 Å². The van der Waals surface area contributed by atoms with Crippen molar-refractivity contribution < 1.29 is 21.8 Å². The number of carbonyl (C=O) groups is 1. The van der Waals surface area contributed by atoms with Gasteiger partial charge in [-0.1, -0.05) is 0 Å². The van der Waals surface area contributed by atoms with Crippen LogP contribution in [0.4, 0.5) is 5.69 Å². The number of amides is 1. The third-order valence-electron chi connectivity index (χ3n) is 1.98. The molecule has 7 heteroatoms. The first-order chi connectivity index (χ1) is 7.23. The predicted molar refractivity (Wildman–Crippen MR) is 57.7 cm³/mol. The molecule has 0 atom stereocenters. The Labute approximate surface area is 94.9 Å². The molecular weight excluding hydrogens is 277 g/mol. The molecule has 6 nitrogen and oxygen atoms in total. The van der Waals surface area contributed by atoms with Gasteiger partial charge in [-0.05, 0) is 0 Å². The number of hydrogen-bond donors (Lipinski definition) is 4. The Morgan fingerprint density at radius 1 is 1.38 bits per heavy atom. The van der Waals surface area contributed by atoms with Crippen LogP contribution in [0, 0.1) is 6.92 Å². The van der Waals surface area contributed by atoms with E-state index in [0.717, 1.165) is 6.07 Å². The average Bonchev–Trinajstić information content (AvgIpc) is 2.09. The van der Waals surface area contributed by atoms with Gasteiger partial charge in [-0.3, -0.25) is 0 Å². The number of phenols is 1. The second-order valence-electron chi connectivity index (χ2n) is 3.35. The molecule has 1 aromatic carbocycles. The van der Waals surface area contributed by atoms with Gasteiger partial charge < -0.3 is 0 Å². The van der Waals surface area contributed by atoms with Crippen LogP contribution in [-0.4, -0.2) is 33.4 Å². The molecule has 0 unspecified atom stereocenters. The standard InChI is InChI=1S/C9H12AsNO5/c1-5-3-4-7(10(14,15)16)9(13)8(5)11-6(2)12/h3-4,13H,1-2H3,(H,11,12)(H2,14,15,16). The summed E-state index contributed by atoms with van der Waals surface area (Å²) in [7, 11) is 0. The van der Waals surface area contributed by atoms with Crippen LogP contribution in [-0.2, 0) is 8.53 Å². The first kappa shape index (κ1) is 12.8. The van der Waals surface area contributed by atoms with E-state index in [0.29, 0.717) is 5.56 Å². The molecule has 0 aliphatic heterocycles. The van der Waals surface area contributed by atoms with Crippen molar-refractivity contribution in [1.82, 2.24) is 0 Å². The molecule has 0 fully saturated rings. The van der Waals surface area contributed by atoms with E-state index in [9.17, 15) is 13.6 Å². The quantitative estimate of drug-likeness (QED) is 0.422. The van der Waals surface area contributed by atoms with Gasteiger partial charge in [-0.15, -0.1) is 0 Å². The molecule has 88 valence electrons. The molecule has 0 radical (unpaired) electrons. The molecule has 0 aromatic heterocycles. The van der Waals surface area contributed by atoms with Crippen LogP contribution in [0.3, 0.4) is 0 Å². The first-order valence-electron chi connectivity index (χ1n) is 4.39.